The molecule has 0 saturated carbocycles. The minimum atomic E-state index is 0.0563. The van der Waals surface area contributed by atoms with Gasteiger partial charge in [-0.15, -0.1) is 0 Å². The van der Waals surface area contributed by atoms with Gasteiger partial charge < -0.3 is 5.11 Å². The van der Waals surface area contributed by atoms with Crippen LogP contribution in [0.5, 0.6) is 0 Å². The van der Waals surface area contributed by atoms with E-state index in [1.807, 2.05) is 47.4 Å². The fraction of sp³-hybridized carbons (Fsp3) is 0.0588. The number of nitrogens with zero attached hydrogens (tertiary/aromatic N) is 3. The minimum absolute atomic E-state index is 0.0563. The monoisotopic (exact) mass is 307 g/mol. The maximum Gasteiger partial charge on any atom is 0.162 e. The summed E-state index contributed by atoms with van der Waals surface area (Å²) in [4.78, 5) is 4.57. The van der Waals surface area contributed by atoms with E-state index in [-0.39, 0.29) is 6.61 Å². The summed E-state index contributed by atoms with van der Waals surface area (Å²) in [5.41, 5.74) is 6.00. The second-order valence-corrected chi connectivity index (χ2v) is 5.82. The van der Waals surface area contributed by atoms with Crippen LogP contribution in [0.15, 0.2) is 59.7 Å². The van der Waals surface area contributed by atoms with Gasteiger partial charge in [0.2, 0.25) is 0 Å². The molecule has 0 fully saturated rings. The van der Waals surface area contributed by atoms with Crippen molar-refractivity contribution < 1.29 is 5.11 Å². The van der Waals surface area contributed by atoms with Gasteiger partial charge >= 0.3 is 0 Å². The quantitative estimate of drug-likeness (QED) is 0.629. The fourth-order valence-corrected chi connectivity index (χ4v) is 3.10. The van der Waals surface area contributed by atoms with Gasteiger partial charge in [-0.25, -0.2) is 9.50 Å². The van der Waals surface area contributed by atoms with Gasteiger partial charge in [0.15, 0.2) is 5.65 Å². The van der Waals surface area contributed by atoms with E-state index in [9.17, 15) is 0 Å². The van der Waals surface area contributed by atoms with Crippen LogP contribution >= 0.6 is 11.3 Å². The molecule has 0 saturated heterocycles. The van der Waals surface area contributed by atoms with Gasteiger partial charge in [-0.2, -0.15) is 16.4 Å². The second kappa shape index (κ2) is 5.36. The Morgan fingerprint density at radius 3 is 2.59 bits per heavy atom. The molecule has 3 heterocycles. The van der Waals surface area contributed by atoms with Gasteiger partial charge in [-0.3, -0.25) is 0 Å². The number of aliphatic hydroxyl groups excluding tert-OH is 1. The Morgan fingerprint density at radius 2 is 1.86 bits per heavy atom. The molecule has 0 amide bonds. The summed E-state index contributed by atoms with van der Waals surface area (Å²) in [6, 6.07) is 9.87. The zero-order valence-corrected chi connectivity index (χ0v) is 12.5. The molecule has 0 bridgehead atoms. The molecule has 1 aromatic carbocycles. The fourth-order valence-electron chi connectivity index (χ4n) is 2.45. The van der Waals surface area contributed by atoms with Crippen LogP contribution < -0.4 is 0 Å². The second-order valence-electron chi connectivity index (χ2n) is 5.04. The Balaban J connectivity index is 1.78. The average Bonchev–Trinajstić information content (AvgIpc) is 3.23. The summed E-state index contributed by atoms with van der Waals surface area (Å²) in [6.07, 6.45) is 5.69. The van der Waals surface area contributed by atoms with Crippen molar-refractivity contribution in [1.82, 2.24) is 14.6 Å². The molecule has 0 aliphatic heterocycles. The molecule has 0 unspecified atom stereocenters. The first-order chi connectivity index (χ1) is 10.8. The number of aromatic nitrogens is 3. The molecule has 0 aliphatic rings. The third kappa shape index (κ3) is 2.20. The van der Waals surface area contributed by atoms with Gasteiger partial charge in [0.05, 0.1) is 12.8 Å². The van der Waals surface area contributed by atoms with Crippen LogP contribution in [-0.4, -0.2) is 19.7 Å². The number of thiophene rings is 1. The van der Waals surface area contributed by atoms with E-state index < -0.39 is 0 Å². The third-order valence-electron chi connectivity index (χ3n) is 3.66. The van der Waals surface area contributed by atoms with Crippen molar-refractivity contribution >= 4 is 17.0 Å². The van der Waals surface area contributed by atoms with Crippen molar-refractivity contribution in [3.05, 3.63) is 65.2 Å². The largest absolute Gasteiger partial charge is 0.392 e. The molecule has 0 spiro atoms. The first-order valence-corrected chi connectivity index (χ1v) is 7.85. The van der Waals surface area contributed by atoms with Gasteiger partial charge in [0, 0.05) is 23.5 Å². The van der Waals surface area contributed by atoms with Crippen molar-refractivity contribution in [2.24, 2.45) is 0 Å². The third-order valence-corrected chi connectivity index (χ3v) is 4.34. The van der Waals surface area contributed by atoms with E-state index >= 15 is 0 Å². The Labute approximate surface area is 131 Å². The highest BCUT2D eigenvalue weighted by Crippen LogP contribution is 2.27. The lowest BCUT2D eigenvalue weighted by Crippen LogP contribution is -1.92. The van der Waals surface area contributed by atoms with Crippen LogP contribution in [0.2, 0.25) is 0 Å². The lowest BCUT2D eigenvalue weighted by Gasteiger charge is -2.04. The van der Waals surface area contributed by atoms with Gasteiger partial charge in [-0.05, 0) is 33.5 Å². The number of rotatable bonds is 3. The number of benzene rings is 1. The predicted molar refractivity (Wildman–Crippen MR) is 87.7 cm³/mol. The van der Waals surface area contributed by atoms with Crippen molar-refractivity contribution in [1.29, 1.82) is 0 Å². The van der Waals surface area contributed by atoms with Gasteiger partial charge in [0.25, 0.3) is 0 Å². The smallest absolute Gasteiger partial charge is 0.162 e. The summed E-state index contributed by atoms with van der Waals surface area (Å²) in [5.74, 6) is 0. The van der Waals surface area contributed by atoms with E-state index in [1.165, 1.54) is 0 Å². The molecular weight excluding hydrogens is 294 g/mol. The average molecular weight is 307 g/mol. The predicted octanol–water partition coefficient (Wildman–Crippen LogP) is 3.62. The zero-order chi connectivity index (χ0) is 14.9. The first-order valence-electron chi connectivity index (χ1n) is 6.91. The van der Waals surface area contributed by atoms with Crippen molar-refractivity contribution in [2.45, 2.75) is 6.61 Å². The van der Waals surface area contributed by atoms with Crippen LogP contribution in [0.4, 0.5) is 0 Å². The van der Waals surface area contributed by atoms with E-state index in [0.717, 1.165) is 33.5 Å². The molecule has 4 nitrogen and oxygen atoms in total. The summed E-state index contributed by atoms with van der Waals surface area (Å²) in [7, 11) is 0. The SMILES string of the molecule is OCc1ccc(-c2cnc3c(-c4ccsc4)cnn3c2)cc1. The number of hydrogen-bond acceptors (Lipinski definition) is 4. The highest BCUT2D eigenvalue weighted by Gasteiger charge is 2.09. The lowest BCUT2D eigenvalue weighted by molar-refractivity contribution is 0.282. The Kier molecular flexibility index (Phi) is 3.21. The van der Waals surface area contributed by atoms with E-state index in [0.29, 0.717) is 0 Å². The number of hydrogen-bond donors (Lipinski definition) is 1. The van der Waals surface area contributed by atoms with Crippen LogP contribution in [0.25, 0.3) is 27.9 Å². The molecule has 3 aromatic heterocycles. The van der Waals surface area contributed by atoms with Crippen LogP contribution in [0, 0.1) is 0 Å². The van der Waals surface area contributed by atoms with E-state index in [2.05, 4.69) is 26.9 Å². The topological polar surface area (TPSA) is 50.4 Å². The van der Waals surface area contributed by atoms with Crippen molar-refractivity contribution in [3.8, 4) is 22.3 Å². The maximum absolute atomic E-state index is 9.11. The summed E-state index contributed by atoms with van der Waals surface area (Å²) in [6.45, 7) is 0.0563. The van der Waals surface area contributed by atoms with Gasteiger partial charge in [0.1, 0.15) is 0 Å². The molecule has 5 heteroatoms. The van der Waals surface area contributed by atoms with Gasteiger partial charge in [-0.1, -0.05) is 24.3 Å². The summed E-state index contributed by atoms with van der Waals surface area (Å²) in [5, 5.41) is 17.7. The molecule has 22 heavy (non-hydrogen) atoms. The highest BCUT2D eigenvalue weighted by atomic mass is 32.1. The Morgan fingerprint density at radius 1 is 1.00 bits per heavy atom. The van der Waals surface area contributed by atoms with E-state index in [4.69, 9.17) is 5.11 Å². The van der Waals surface area contributed by atoms with Crippen LogP contribution in [-0.2, 0) is 6.61 Å². The van der Waals surface area contributed by atoms with Crippen molar-refractivity contribution in [2.75, 3.05) is 0 Å². The molecule has 4 rings (SSSR count). The highest BCUT2D eigenvalue weighted by molar-refractivity contribution is 7.08. The normalized spacial score (nSPS) is 11.1. The van der Waals surface area contributed by atoms with Crippen LogP contribution in [0.3, 0.4) is 0 Å². The summed E-state index contributed by atoms with van der Waals surface area (Å²) >= 11 is 1.66. The number of fused-ring (bicyclic) bond motifs is 1. The molecular formula is C17H13N3OS. The standard InChI is InChI=1S/C17H13N3OS/c21-10-12-1-3-13(4-2-12)15-7-18-17-16(8-19-20(17)9-15)14-5-6-22-11-14/h1-9,11,21H,10H2. The molecule has 0 atom stereocenters. The lowest BCUT2D eigenvalue weighted by atomic mass is 10.1. The zero-order valence-electron chi connectivity index (χ0n) is 11.7. The number of aliphatic hydroxyl groups is 1. The Hall–Kier alpha value is -2.50. The Bertz CT molecular complexity index is 911. The molecule has 4 aromatic rings. The van der Waals surface area contributed by atoms with Crippen molar-refractivity contribution in [3.63, 3.8) is 0 Å². The van der Waals surface area contributed by atoms with Crippen LogP contribution in [0.1, 0.15) is 5.56 Å². The summed E-state index contributed by atoms with van der Waals surface area (Å²) < 4.78 is 1.81. The molecule has 1 N–H and O–H groups in total. The molecule has 0 aliphatic carbocycles. The maximum atomic E-state index is 9.11. The minimum Gasteiger partial charge on any atom is -0.392 e. The first kappa shape index (κ1) is 13.2. The molecule has 0 radical (unpaired) electrons. The van der Waals surface area contributed by atoms with E-state index in [1.54, 1.807) is 11.3 Å². The molecule has 108 valence electrons.